The van der Waals surface area contributed by atoms with Crippen molar-refractivity contribution in [2.24, 2.45) is 0 Å². The molecule has 0 spiro atoms. The number of hydrogen-bond acceptors (Lipinski definition) is 3. The maximum atomic E-state index is 12.1. The summed E-state index contributed by atoms with van der Waals surface area (Å²) in [6, 6.07) is 5.60. The lowest BCUT2D eigenvalue weighted by atomic mass is 10.2. The van der Waals surface area contributed by atoms with Crippen LogP contribution in [0.15, 0.2) is 18.2 Å². The maximum Gasteiger partial charge on any atom is 0.272 e. The van der Waals surface area contributed by atoms with Crippen molar-refractivity contribution in [2.75, 3.05) is 26.3 Å². The summed E-state index contributed by atoms with van der Waals surface area (Å²) in [5.41, 5.74) is 1.50. The van der Waals surface area contributed by atoms with Crippen LogP contribution in [0.5, 0.6) is 0 Å². The molecule has 1 fully saturated rings. The van der Waals surface area contributed by atoms with Gasteiger partial charge in [-0.15, -0.1) is 0 Å². The van der Waals surface area contributed by atoms with Crippen molar-refractivity contribution < 1.29 is 9.53 Å². The number of pyridine rings is 1. The lowest BCUT2D eigenvalue weighted by Crippen LogP contribution is -2.41. The molecule has 0 atom stereocenters. The van der Waals surface area contributed by atoms with Gasteiger partial charge in [-0.2, -0.15) is 0 Å². The zero-order valence-electron chi connectivity index (χ0n) is 9.48. The predicted molar refractivity (Wildman–Crippen MR) is 60.3 cm³/mol. The van der Waals surface area contributed by atoms with Crippen molar-refractivity contribution in [3.05, 3.63) is 29.6 Å². The molecule has 0 aromatic carbocycles. The predicted octanol–water partition coefficient (Wildman–Crippen LogP) is 1.12. The Labute approximate surface area is 95.2 Å². The fourth-order valence-corrected chi connectivity index (χ4v) is 1.72. The van der Waals surface area contributed by atoms with Gasteiger partial charge in [0.25, 0.3) is 5.91 Å². The van der Waals surface area contributed by atoms with Crippen molar-refractivity contribution >= 4 is 5.91 Å². The molecule has 0 saturated carbocycles. The van der Waals surface area contributed by atoms with Gasteiger partial charge < -0.3 is 9.64 Å². The second-order valence-corrected chi connectivity index (χ2v) is 3.77. The summed E-state index contributed by atoms with van der Waals surface area (Å²) in [5.74, 6) is 0.0126. The Bertz CT molecular complexity index is 373. The van der Waals surface area contributed by atoms with Crippen molar-refractivity contribution in [3.63, 3.8) is 0 Å². The molecule has 1 aromatic heterocycles. The van der Waals surface area contributed by atoms with Crippen LogP contribution >= 0.6 is 0 Å². The van der Waals surface area contributed by atoms with E-state index in [-0.39, 0.29) is 5.91 Å². The number of aryl methyl sites for hydroxylation is 1. The number of carbonyl (C=O) groups is 1. The summed E-state index contributed by atoms with van der Waals surface area (Å²) >= 11 is 0. The molecule has 0 aliphatic carbocycles. The molecule has 2 rings (SSSR count). The Balaban J connectivity index is 2.12. The van der Waals surface area contributed by atoms with Crippen LogP contribution in [0.4, 0.5) is 0 Å². The van der Waals surface area contributed by atoms with E-state index in [2.05, 4.69) is 4.98 Å². The highest BCUT2D eigenvalue weighted by Gasteiger charge is 2.19. The molecule has 2 heterocycles. The number of ether oxygens (including phenoxy) is 1. The van der Waals surface area contributed by atoms with Crippen molar-refractivity contribution in [2.45, 2.75) is 13.3 Å². The highest BCUT2D eigenvalue weighted by molar-refractivity contribution is 5.92. The molecule has 4 nitrogen and oxygen atoms in total. The number of nitrogens with zero attached hydrogens (tertiary/aromatic N) is 2. The van der Waals surface area contributed by atoms with Crippen LogP contribution in [0.1, 0.15) is 23.1 Å². The van der Waals surface area contributed by atoms with Gasteiger partial charge in [0.1, 0.15) is 5.69 Å². The van der Waals surface area contributed by atoms with E-state index in [1.807, 2.05) is 19.1 Å². The SMILES string of the molecule is CCc1cccc(C(=O)N2CCOCC2)n1. The van der Waals surface area contributed by atoms with Gasteiger partial charge in [-0.25, -0.2) is 4.98 Å². The standard InChI is InChI=1S/C12H16N2O2/c1-2-10-4-3-5-11(13-10)12(15)14-6-8-16-9-7-14/h3-5H,2,6-9H2,1H3. The van der Waals surface area contributed by atoms with E-state index in [4.69, 9.17) is 4.74 Å². The second kappa shape index (κ2) is 5.07. The first-order valence-corrected chi connectivity index (χ1v) is 5.64. The normalized spacial score (nSPS) is 16.2. The third kappa shape index (κ3) is 2.39. The molecule has 16 heavy (non-hydrogen) atoms. The molecule has 0 unspecified atom stereocenters. The zero-order valence-corrected chi connectivity index (χ0v) is 9.48. The van der Waals surface area contributed by atoms with Crippen LogP contribution in [0.3, 0.4) is 0 Å². The van der Waals surface area contributed by atoms with Crippen LogP contribution in [0, 0.1) is 0 Å². The fourth-order valence-electron chi connectivity index (χ4n) is 1.72. The van der Waals surface area contributed by atoms with Crippen molar-refractivity contribution in [1.82, 2.24) is 9.88 Å². The van der Waals surface area contributed by atoms with Crippen LogP contribution in [-0.2, 0) is 11.2 Å². The minimum atomic E-state index is 0.0126. The van der Waals surface area contributed by atoms with Gasteiger partial charge in [-0.05, 0) is 18.6 Å². The highest BCUT2D eigenvalue weighted by Crippen LogP contribution is 2.06. The number of rotatable bonds is 2. The molecule has 0 radical (unpaired) electrons. The number of carbonyl (C=O) groups excluding carboxylic acids is 1. The third-order valence-electron chi connectivity index (χ3n) is 2.69. The summed E-state index contributed by atoms with van der Waals surface area (Å²) in [6.45, 7) is 4.61. The molecular formula is C12H16N2O2. The third-order valence-corrected chi connectivity index (χ3v) is 2.69. The van der Waals surface area contributed by atoms with Gasteiger partial charge in [0.05, 0.1) is 13.2 Å². The van der Waals surface area contributed by atoms with Crippen molar-refractivity contribution in [3.8, 4) is 0 Å². The molecule has 1 aliphatic heterocycles. The Morgan fingerprint density at radius 1 is 1.44 bits per heavy atom. The van der Waals surface area contributed by atoms with E-state index < -0.39 is 0 Å². The van der Waals surface area contributed by atoms with Crippen LogP contribution in [0.25, 0.3) is 0 Å². The lowest BCUT2D eigenvalue weighted by Gasteiger charge is -2.26. The van der Waals surface area contributed by atoms with Crippen LogP contribution < -0.4 is 0 Å². The van der Waals surface area contributed by atoms with Crippen LogP contribution in [-0.4, -0.2) is 42.1 Å². The minimum Gasteiger partial charge on any atom is -0.378 e. The van der Waals surface area contributed by atoms with Gasteiger partial charge >= 0.3 is 0 Å². The maximum absolute atomic E-state index is 12.1. The minimum absolute atomic E-state index is 0.0126. The molecule has 86 valence electrons. The van der Waals surface area contributed by atoms with Gasteiger partial charge in [0.2, 0.25) is 0 Å². The second-order valence-electron chi connectivity index (χ2n) is 3.77. The molecule has 4 heteroatoms. The van der Waals surface area contributed by atoms with Gasteiger partial charge in [0.15, 0.2) is 0 Å². The fraction of sp³-hybridized carbons (Fsp3) is 0.500. The molecule has 1 saturated heterocycles. The average Bonchev–Trinajstić information content (AvgIpc) is 2.39. The molecule has 1 amide bonds. The zero-order chi connectivity index (χ0) is 11.4. The topological polar surface area (TPSA) is 42.4 Å². The number of hydrogen-bond donors (Lipinski definition) is 0. The first-order valence-electron chi connectivity index (χ1n) is 5.64. The molecule has 0 bridgehead atoms. The smallest absolute Gasteiger partial charge is 0.272 e. The molecule has 1 aromatic rings. The van der Waals surface area contributed by atoms with E-state index >= 15 is 0 Å². The quantitative estimate of drug-likeness (QED) is 0.750. The number of amides is 1. The monoisotopic (exact) mass is 220 g/mol. The largest absolute Gasteiger partial charge is 0.378 e. The summed E-state index contributed by atoms with van der Waals surface area (Å²) in [5, 5.41) is 0. The van der Waals surface area contributed by atoms with Gasteiger partial charge in [-0.1, -0.05) is 13.0 Å². The highest BCUT2D eigenvalue weighted by atomic mass is 16.5. The van der Waals surface area contributed by atoms with Gasteiger partial charge in [-0.3, -0.25) is 4.79 Å². The summed E-state index contributed by atoms with van der Waals surface area (Å²) in [6.07, 6.45) is 0.851. The van der Waals surface area contributed by atoms with Crippen molar-refractivity contribution in [1.29, 1.82) is 0 Å². The molecular weight excluding hydrogens is 204 g/mol. The Morgan fingerprint density at radius 3 is 2.88 bits per heavy atom. The van der Waals surface area contributed by atoms with E-state index in [0.29, 0.717) is 32.0 Å². The van der Waals surface area contributed by atoms with E-state index in [0.717, 1.165) is 12.1 Å². The summed E-state index contributed by atoms with van der Waals surface area (Å²) in [4.78, 5) is 18.2. The Hall–Kier alpha value is -1.42. The first kappa shape index (κ1) is 11.1. The Kier molecular flexibility index (Phi) is 3.51. The van der Waals surface area contributed by atoms with Crippen LogP contribution in [0.2, 0.25) is 0 Å². The molecule has 1 aliphatic rings. The lowest BCUT2D eigenvalue weighted by molar-refractivity contribution is 0.0299. The summed E-state index contributed by atoms with van der Waals surface area (Å²) in [7, 11) is 0. The van der Waals surface area contributed by atoms with E-state index in [1.54, 1.807) is 11.0 Å². The van der Waals surface area contributed by atoms with E-state index in [9.17, 15) is 4.79 Å². The number of morpholine rings is 1. The van der Waals surface area contributed by atoms with E-state index in [1.165, 1.54) is 0 Å². The number of aromatic nitrogens is 1. The summed E-state index contributed by atoms with van der Waals surface area (Å²) < 4.78 is 5.22. The first-order chi connectivity index (χ1) is 7.81. The average molecular weight is 220 g/mol. The van der Waals surface area contributed by atoms with Gasteiger partial charge in [0, 0.05) is 18.8 Å². The Morgan fingerprint density at radius 2 is 2.19 bits per heavy atom. The molecule has 0 N–H and O–H groups in total.